The normalized spacial score (nSPS) is 14.7. The Bertz CT molecular complexity index is 839. The third kappa shape index (κ3) is 4.04. The number of nitrogens with one attached hydrogen (secondary N) is 1. The maximum atomic E-state index is 12.4. The Labute approximate surface area is 152 Å². The number of carbonyl (C=O) groups is 2. The first-order chi connectivity index (χ1) is 12.3. The molecule has 138 valence electrons. The minimum absolute atomic E-state index is 0.121. The van der Waals surface area contributed by atoms with Crippen LogP contribution in [0.15, 0.2) is 28.9 Å². The molecule has 2 N–H and O–H groups in total. The van der Waals surface area contributed by atoms with Crippen LogP contribution in [0.25, 0.3) is 0 Å². The molecule has 1 saturated carbocycles. The Balaban J connectivity index is 1.57. The number of likely N-dealkylation sites (N-methyl/N-ethyl adjacent to an activating group) is 1. The topological polar surface area (TPSA) is 95.7 Å². The number of phenolic OH excluding ortho intramolecular Hbond substituents is 1. The van der Waals surface area contributed by atoms with Crippen molar-refractivity contribution < 1.29 is 19.1 Å². The van der Waals surface area contributed by atoms with Gasteiger partial charge in [0, 0.05) is 20.5 Å². The predicted octanol–water partition coefficient (Wildman–Crippen LogP) is 1.96. The maximum absolute atomic E-state index is 12.4. The predicted molar refractivity (Wildman–Crippen MR) is 94.9 cm³/mol. The molecular formula is C19H23N3O4. The molecule has 3 rings (SSSR count). The van der Waals surface area contributed by atoms with E-state index in [4.69, 9.17) is 4.42 Å². The fourth-order valence-electron chi connectivity index (χ4n) is 2.95. The second kappa shape index (κ2) is 6.82. The van der Waals surface area contributed by atoms with Gasteiger partial charge in [0.1, 0.15) is 12.0 Å². The molecule has 7 heteroatoms. The van der Waals surface area contributed by atoms with Crippen LogP contribution in [0, 0.1) is 13.8 Å². The first-order valence-corrected chi connectivity index (χ1v) is 8.55. The molecule has 0 spiro atoms. The smallest absolute Gasteiger partial charge is 0.275 e. The average molecular weight is 357 g/mol. The molecule has 7 nitrogen and oxygen atoms in total. The fraction of sp³-hybridized carbons (Fsp3) is 0.421. The van der Waals surface area contributed by atoms with Gasteiger partial charge in [0.05, 0.1) is 12.0 Å². The van der Waals surface area contributed by atoms with Gasteiger partial charge < -0.3 is 19.7 Å². The Hall–Kier alpha value is -2.83. The molecule has 0 aliphatic heterocycles. The van der Waals surface area contributed by atoms with Crippen LogP contribution in [-0.2, 0) is 11.2 Å². The lowest BCUT2D eigenvalue weighted by molar-refractivity contribution is -0.121. The lowest BCUT2D eigenvalue weighted by Gasteiger charge is -2.24. The summed E-state index contributed by atoms with van der Waals surface area (Å²) in [5.41, 5.74) is 1.41. The zero-order valence-electron chi connectivity index (χ0n) is 15.2. The molecule has 1 aromatic heterocycles. The van der Waals surface area contributed by atoms with E-state index < -0.39 is 0 Å². The number of nitrogens with zero attached hydrogens (tertiary/aromatic N) is 2. The van der Waals surface area contributed by atoms with Crippen LogP contribution >= 0.6 is 0 Å². The van der Waals surface area contributed by atoms with Crippen LogP contribution in [0.3, 0.4) is 0 Å². The lowest BCUT2D eigenvalue weighted by atomic mass is 10.1. The number of oxazole rings is 1. The molecule has 0 saturated heterocycles. The minimum atomic E-state index is -0.382. The van der Waals surface area contributed by atoms with Crippen LogP contribution in [0.5, 0.6) is 5.75 Å². The van der Waals surface area contributed by atoms with E-state index in [-0.39, 0.29) is 35.2 Å². The van der Waals surface area contributed by atoms with E-state index in [1.165, 1.54) is 6.26 Å². The summed E-state index contributed by atoms with van der Waals surface area (Å²) in [5.74, 6) is 0.275. The molecule has 0 unspecified atom stereocenters. The number of rotatable bonds is 6. The van der Waals surface area contributed by atoms with Crippen LogP contribution in [0.1, 0.15) is 40.3 Å². The Morgan fingerprint density at radius 3 is 2.65 bits per heavy atom. The van der Waals surface area contributed by atoms with Crippen molar-refractivity contribution in [1.82, 2.24) is 15.2 Å². The molecule has 2 aromatic rings. The highest BCUT2D eigenvalue weighted by Gasteiger charge is 2.45. The number of aromatic nitrogens is 1. The van der Waals surface area contributed by atoms with Gasteiger partial charge in [-0.15, -0.1) is 0 Å². The summed E-state index contributed by atoms with van der Waals surface area (Å²) in [6.07, 6.45) is 3.19. The van der Waals surface area contributed by atoms with E-state index in [9.17, 15) is 14.7 Å². The molecule has 0 radical (unpaired) electrons. The van der Waals surface area contributed by atoms with Gasteiger partial charge in [0.25, 0.3) is 5.91 Å². The Morgan fingerprint density at radius 1 is 1.35 bits per heavy atom. The monoisotopic (exact) mass is 357 g/mol. The molecule has 1 aromatic carbocycles. The first-order valence-electron chi connectivity index (χ1n) is 8.55. The van der Waals surface area contributed by atoms with Crippen molar-refractivity contribution in [2.24, 2.45) is 0 Å². The highest BCUT2D eigenvalue weighted by molar-refractivity contribution is 5.92. The van der Waals surface area contributed by atoms with Gasteiger partial charge in [0.15, 0.2) is 11.6 Å². The van der Waals surface area contributed by atoms with Crippen LogP contribution < -0.4 is 5.32 Å². The van der Waals surface area contributed by atoms with E-state index in [1.54, 1.807) is 31.0 Å². The quantitative estimate of drug-likeness (QED) is 0.824. The van der Waals surface area contributed by atoms with E-state index in [1.807, 2.05) is 13.0 Å². The third-order valence-electron chi connectivity index (χ3n) is 4.62. The summed E-state index contributed by atoms with van der Waals surface area (Å²) in [6, 6.07) is 5.23. The average Bonchev–Trinajstić information content (AvgIpc) is 3.17. The number of phenols is 1. The van der Waals surface area contributed by atoms with Gasteiger partial charge in [-0.3, -0.25) is 9.59 Å². The van der Waals surface area contributed by atoms with Crippen LogP contribution in [0.4, 0.5) is 0 Å². The number of benzene rings is 1. The molecule has 1 aliphatic carbocycles. The number of aryl methyl sites for hydroxylation is 2. The van der Waals surface area contributed by atoms with Crippen molar-refractivity contribution in [3.8, 4) is 5.75 Å². The van der Waals surface area contributed by atoms with Gasteiger partial charge in [0.2, 0.25) is 5.91 Å². The van der Waals surface area contributed by atoms with Crippen molar-refractivity contribution >= 4 is 11.8 Å². The minimum Gasteiger partial charge on any atom is -0.508 e. The van der Waals surface area contributed by atoms with Gasteiger partial charge >= 0.3 is 0 Å². The maximum Gasteiger partial charge on any atom is 0.275 e. The van der Waals surface area contributed by atoms with Gasteiger partial charge in [-0.2, -0.15) is 0 Å². The molecule has 1 aliphatic rings. The largest absolute Gasteiger partial charge is 0.508 e. The second-order valence-corrected chi connectivity index (χ2v) is 7.04. The summed E-state index contributed by atoms with van der Waals surface area (Å²) in [4.78, 5) is 30.3. The zero-order valence-corrected chi connectivity index (χ0v) is 15.2. The summed E-state index contributed by atoms with van der Waals surface area (Å²) in [7, 11) is 1.69. The number of hydrogen-bond acceptors (Lipinski definition) is 5. The summed E-state index contributed by atoms with van der Waals surface area (Å²) >= 11 is 0. The van der Waals surface area contributed by atoms with E-state index in [0.29, 0.717) is 12.4 Å². The van der Waals surface area contributed by atoms with Crippen molar-refractivity contribution in [2.75, 3.05) is 13.6 Å². The van der Waals surface area contributed by atoms with Crippen molar-refractivity contribution in [3.63, 3.8) is 0 Å². The Morgan fingerprint density at radius 2 is 2.08 bits per heavy atom. The van der Waals surface area contributed by atoms with E-state index in [2.05, 4.69) is 10.3 Å². The zero-order chi connectivity index (χ0) is 18.9. The van der Waals surface area contributed by atoms with E-state index >= 15 is 0 Å². The summed E-state index contributed by atoms with van der Waals surface area (Å²) < 4.78 is 5.08. The molecule has 0 bridgehead atoms. The third-order valence-corrected chi connectivity index (χ3v) is 4.62. The number of amides is 2. The molecule has 0 atom stereocenters. The van der Waals surface area contributed by atoms with Crippen LogP contribution in [-0.4, -0.2) is 45.9 Å². The highest BCUT2D eigenvalue weighted by atomic mass is 16.3. The number of aromatic hydroxyl groups is 1. The van der Waals surface area contributed by atoms with E-state index in [0.717, 1.165) is 24.0 Å². The van der Waals surface area contributed by atoms with Gasteiger partial charge in [-0.1, -0.05) is 12.1 Å². The van der Waals surface area contributed by atoms with Crippen LogP contribution in [0.2, 0.25) is 0 Å². The molecule has 1 heterocycles. The van der Waals surface area contributed by atoms with Gasteiger partial charge in [-0.25, -0.2) is 4.98 Å². The van der Waals surface area contributed by atoms with Gasteiger partial charge in [-0.05, 0) is 37.0 Å². The standard InChI is InChI=1S/C19H23N3O4/c1-12-4-5-14(8-16(12)23)9-17(24)21-19(6-7-19)11-22(3)18(25)15-10-26-13(2)20-15/h4-5,8,10,23H,6-7,9,11H2,1-3H3,(H,21,24). The second-order valence-electron chi connectivity index (χ2n) is 7.04. The lowest BCUT2D eigenvalue weighted by Crippen LogP contribution is -2.47. The molecule has 26 heavy (non-hydrogen) atoms. The molecule has 2 amide bonds. The number of carbonyl (C=O) groups excluding carboxylic acids is 2. The summed E-state index contributed by atoms with van der Waals surface area (Å²) in [6.45, 7) is 3.91. The SMILES string of the molecule is Cc1nc(C(=O)N(C)CC2(NC(=O)Cc3ccc(C)c(O)c3)CC2)co1. The Kier molecular flexibility index (Phi) is 4.71. The summed E-state index contributed by atoms with van der Waals surface area (Å²) in [5, 5.41) is 12.8. The molecule has 1 fully saturated rings. The number of hydrogen-bond donors (Lipinski definition) is 2. The first kappa shape index (κ1) is 18.0. The van der Waals surface area contributed by atoms with Crippen molar-refractivity contribution in [2.45, 2.75) is 38.6 Å². The van der Waals surface area contributed by atoms with Crippen molar-refractivity contribution in [1.29, 1.82) is 0 Å². The molecular weight excluding hydrogens is 334 g/mol. The van der Waals surface area contributed by atoms with Crippen molar-refractivity contribution in [3.05, 3.63) is 47.2 Å². The fourth-order valence-corrected chi connectivity index (χ4v) is 2.95. The highest BCUT2D eigenvalue weighted by Crippen LogP contribution is 2.36.